The van der Waals surface area contributed by atoms with Gasteiger partial charge in [-0.05, 0) is 64.4 Å². The Morgan fingerprint density at radius 1 is 1.42 bits per heavy atom. The molecule has 0 aliphatic carbocycles. The predicted octanol–water partition coefficient (Wildman–Crippen LogP) is 3.98. The first-order chi connectivity index (χ1) is 8.79. The molecular weight excluding hydrogens is 392 g/mol. The molecule has 0 fully saturated rings. The topological polar surface area (TPSA) is 32.3 Å². The molecule has 0 bridgehead atoms. The molecule has 1 unspecified atom stereocenters. The molecule has 1 N–H and O–H groups in total. The SMILES string of the molecule is CC(C)CC(CN(C)C)NC(=O)c1cc(Br)c(Br)s1. The van der Waals surface area contributed by atoms with Crippen molar-refractivity contribution in [1.29, 1.82) is 0 Å². The van der Waals surface area contributed by atoms with Crippen molar-refractivity contribution in [1.82, 2.24) is 10.2 Å². The van der Waals surface area contributed by atoms with Gasteiger partial charge in [0.25, 0.3) is 5.91 Å². The van der Waals surface area contributed by atoms with Crippen molar-refractivity contribution in [3.05, 3.63) is 19.2 Å². The maximum absolute atomic E-state index is 12.2. The highest BCUT2D eigenvalue weighted by molar-refractivity contribution is 9.13. The number of hydrogen-bond acceptors (Lipinski definition) is 3. The Labute approximate surface area is 136 Å². The Kier molecular flexibility index (Phi) is 7.00. The molecule has 19 heavy (non-hydrogen) atoms. The number of nitrogens with one attached hydrogen (secondary N) is 1. The highest BCUT2D eigenvalue weighted by atomic mass is 79.9. The van der Waals surface area contributed by atoms with Crippen molar-refractivity contribution in [2.45, 2.75) is 26.3 Å². The van der Waals surface area contributed by atoms with Crippen LogP contribution < -0.4 is 5.32 Å². The molecule has 1 aromatic rings. The van der Waals surface area contributed by atoms with Crippen molar-refractivity contribution in [2.24, 2.45) is 5.92 Å². The maximum Gasteiger partial charge on any atom is 0.261 e. The minimum absolute atomic E-state index is 0.00361. The molecule has 1 atom stereocenters. The molecule has 0 radical (unpaired) electrons. The van der Waals surface area contributed by atoms with E-state index in [4.69, 9.17) is 0 Å². The van der Waals surface area contributed by atoms with Crippen LogP contribution in [0.3, 0.4) is 0 Å². The lowest BCUT2D eigenvalue weighted by atomic mass is 10.0. The molecule has 108 valence electrons. The second-order valence-electron chi connectivity index (χ2n) is 5.29. The summed E-state index contributed by atoms with van der Waals surface area (Å²) in [5, 5.41) is 3.12. The first kappa shape index (κ1) is 17.1. The van der Waals surface area contributed by atoms with E-state index in [2.05, 4.69) is 55.9 Å². The van der Waals surface area contributed by atoms with Crippen molar-refractivity contribution < 1.29 is 4.79 Å². The number of nitrogens with zero attached hydrogens (tertiary/aromatic N) is 1. The van der Waals surface area contributed by atoms with Crippen LogP contribution in [0.1, 0.15) is 29.9 Å². The molecule has 0 aromatic carbocycles. The monoisotopic (exact) mass is 410 g/mol. The first-order valence-electron chi connectivity index (χ1n) is 6.20. The third kappa shape index (κ3) is 5.94. The van der Waals surface area contributed by atoms with E-state index in [-0.39, 0.29) is 11.9 Å². The zero-order valence-electron chi connectivity index (χ0n) is 11.7. The highest BCUT2D eigenvalue weighted by Gasteiger charge is 2.18. The normalized spacial score (nSPS) is 13.1. The van der Waals surface area contributed by atoms with Crippen LogP contribution in [-0.2, 0) is 0 Å². The number of rotatable bonds is 6. The van der Waals surface area contributed by atoms with Crippen LogP contribution in [0.25, 0.3) is 0 Å². The van der Waals surface area contributed by atoms with E-state index in [9.17, 15) is 4.79 Å². The van der Waals surface area contributed by atoms with E-state index in [1.165, 1.54) is 11.3 Å². The molecule has 0 saturated carbocycles. The van der Waals surface area contributed by atoms with E-state index >= 15 is 0 Å². The largest absolute Gasteiger partial charge is 0.347 e. The van der Waals surface area contributed by atoms with Gasteiger partial charge < -0.3 is 10.2 Å². The second-order valence-corrected chi connectivity index (χ2v) is 8.52. The fourth-order valence-corrected chi connectivity index (χ4v) is 3.84. The van der Waals surface area contributed by atoms with Gasteiger partial charge in [-0.1, -0.05) is 13.8 Å². The molecule has 0 saturated heterocycles. The van der Waals surface area contributed by atoms with Gasteiger partial charge in [-0.25, -0.2) is 0 Å². The Morgan fingerprint density at radius 3 is 2.47 bits per heavy atom. The van der Waals surface area contributed by atoms with Crippen molar-refractivity contribution in [3.8, 4) is 0 Å². The third-order valence-corrected chi connectivity index (χ3v) is 5.80. The fourth-order valence-electron chi connectivity index (χ4n) is 1.90. The van der Waals surface area contributed by atoms with Gasteiger partial charge >= 0.3 is 0 Å². The fraction of sp³-hybridized carbons (Fsp3) is 0.615. The van der Waals surface area contributed by atoms with Gasteiger partial charge in [0.05, 0.1) is 8.66 Å². The van der Waals surface area contributed by atoms with Crippen LogP contribution in [-0.4, -0.2) is 37.5 Å². The van der Waals surface area contributed by atoms with Crippen molar-refractivity contribution >= 4 is 49.1 Å². The lowest BCUT2D eigenvalue weighted by molar-refractivity contribution is 0.0928. The number of halogens is 2. The van der Waals surface area contributed by atoms with Gasteiger partial charge in [-0.3, -0.25) is 4.79 Å². The van der Waals surface area contributed by atoms with Gasteiger partial charge in [-0.2, -0.15) is 0 Å². The summed E-state index contributed by atoms with van der Waals surface area (Å²) in [6.45, 7) is 5.21. The van der Waals surface area contributed by atoms with Crippen LogP contribution in [0.2, 0.25) is 0 Å². The zero-order chi connectivity index (χ0) is 14.6. The highest BCUT2D eigenvalue weighted by Crippen LogP contribution is 2.32. The van der Waals surface area contributed by atoms with E-state index in [1.807, 2.05) is 20.2 Å². The van der Waals surface area contributed by atoms with Crippen molar-refractivity contribution in [2.75, 3.05) is 20.6 Å². The smallest absolute Gasteiger partial charge is 0.261 e. The Hall–Kier alpha value is 0.0900. The average molecular weight is 412 g/mol. The number of likely N-dealkylation sites (N-methyl/N-ethyl adjacent to an activating group) is 1. The zero-order valence-corrected chi connectivity index (χ0v) is 15.7. The molecule has 1 rings (SSSR count). The molecule has 0 aliphatic heterocycles. The van der Waals surface area contributed by atoms with Gasteiger partial charge in [0.2, 0.25) is 0 Å². The minimum atomic E-state index is 0.00361. The van der Waals surface area contributed by atoms with E-state index in [0.717, 1.165) is 26.1 Å². The van der Waals surface area contributed by atoms with Gasteiger partial charge in [0, 0.05) is 17.1 Å². The number of thiophene rings is 1. The summed E-state index contributed by atoms with van der Waals surface area (Å²) in [5.41, 5.74) is 0. The molecule has 6 heteroatoms. The maximum atomic E-state index is 12.2. The molecule has 1 aromatic heterocycles. The third-order valence-electron chi connectivity index (χ3n) is 2.55. The summed E-state index contributed by atoms with van der Waals surface area (Å²) >= 11 is 8.27. The van der Waals surface area contributed by atoms with E-state index in [1.54, 1.807) is 0 Å². The summed E-state index contributed by atoms with van der Waals surface area (Å²) in [5.74, 6) is 0.566. The minimum Gasteiger partial charge on any atom is -0.347 e. The molecule has 1 heterocycles. The van der Waals surface area contributed by atoms with Crippen LogP contribution in [0.5, 0.6) is 0 Å². The second kappa shape index (κ2) is 7.76. The number of hydrogen-bond donors (Lipinski definition) is 1. The van der Waals surface area contributed by atoms with Gasteiger partial charge in [-0.15, -0.1) is 11.3 Å². The summed E-state index contributed by atoms with van der Waals surface area (Å²) in [6, 6.07) is 2.04. The lowest BCUT2D eigenvalue weighted by Gasteiger charge is -2.23. The Balaban J connectivity index is 2.69. The molecule has 3 nitrogen and oxygen atoms in total. The summed E-state index contributed by atoms with van der Waals surface area (Å²) < 4.78 is 1.88. The quantitative estimate of drug-likeness (QED) is 0.767. The number of carbonyl (C=O) groups is 1. The Bertz CT molecular complexity index is 403. The first-order valence-corrected chi connectivity index (χ1v) is 8.60. The van der Waals surface area contributed by atoms with Crippen LogP contribution >= 0.6 is 43.2 Å². The van der Waals surface area contributed by atoms with Gasteiger partial charge in [0.15, 0.2) is 0 Å². The Morgan fingerprint density at radius 2 is 2.05 bits per heavy atom. The van der Waals surface area contributed by atoms with Gasteiger partial charge in [0.1, 0.15) is 0 Å². The number of amides is 1. The predicted molar refractivity (Wildman–Crippen MR) is 89.0 cm³/mol. The van der Waals surface area contributed by atoms with E-state index in [0.29, 0.717) is 5.92 Å². The molecule has 0 aliphatic rings. The summed E-state index contributed by atoms with van der Waals surface area (Å²) in [7, 11) is 4.05. The summed E-state index contributed by atoms with van der Waals surface area (Å²) in [4.78, 5) is 15.1. The number of carbonyl (C=O) groups excluding carboxylic acids is 1. The standard InChI is InChI=1S/C13H20Br2N2OS/c1-8(2)5-9(7-17(3)4)16-13(18)11-6-10(14)12(15)19-11/h6,8-9H,5,7H2,1-4H3,(H,16,18). The molecule has 0 spiro atoms. The molecular formula is C13H20Br2N2OS. The van der Waals surface area contributed by atoms with E-state index < -0.39 is 0 Å². The average Bonchev–Trinajstić information content (AvgIpc) is 2.57. The van der Waals surface area contributed by atoms with Crippen LogP contribution in [0.4, 0.5) is 0 Å². The lowest BCUT2D eigenvalue weighted by Crippen LogP contribution is -2.42. The summed E-state index contributed by atoms with van der Waals surface area (Å²) in [6.07, 6.45) is 0.984. The van der Waals surface area contributed by atoms with Crippen LogP contribution in [0, 0.1) is 5.92 Å². The van der Waals surface area contributed by atoms with Crippen LogP contribution in [0.15, 0.2) is 14.3 Å². The van der Waals surface area contributed by atoms with Crippen molar-refractivity contribution in [3.63, 3.8) is 0 Å². The molecule has 1 amide bonds.